The van der Waals surface area contributed by atoms with Crippen LogP contribution in [0, 0.1) is 0 Å². The first kappa shape index (κ1) is 73.0. The fourth-order valence-electron chi connectivity index (χ4n) is 13.6. The second kappa shape index (κ2) is 34.4. The average Bonchev–Trinajstić information content (AvgIpc) is 1.65. The summed E-state index contributed by atoms with van der Waals surface area (Å²) in [7, 11) is 8.72. The van der Waals surface area contributed by atoms with Crippen molar-refractivity contribution in [1.29, 1.82) is 0 Å². The van der Waals surface area contributed by atoms with Gasteiger partial charge in [0, 0.05) is 167 Å². The van der Waals surface area contributed by atoms with Crippen LogP contribution in [-0.2, 0) is 19.6 Å². The van der Waals surface area contributed by atoms with Crippen molar-refractivity contribution in [3.05, 3.63) is 106 Å². The van der Waals surface area contributed by atoms with Crippen molar-refractivity contribution in [2.75, 3.05) is 193 Å². The first-order valence-corrected chi connectivity index (χ1v) is 35.2. The van der Waals surface area contributed by atoms with Crippen LogP contribution in [0.3, 0.4) is 0 Å². The number of halogens is 3. The van der Waals surface area contributed by atoms with E-state index in [9.17, 15) is 0 Å². The third kappa shape index (κ3) is 17.1. The van der Waals surface area contributed by atoms with E-state index in [-0.39, 0.29) is 22.3 Å². The van der Waals surface area contributed by atoms with Crippen LogP contribution in [0.5, 0.6) is 0 Å². The van der Waals surface area contributed by atoms with E-state index in [1.165, 1.54) is 38.5 Å². The van der Waals surface area contributed by atoms with Gasteiger partial charge in [0.2, 0.25) is 0 Å². The molecule has 0 bridgehead atoms. The minimum Gasteiger partial charge on any atom is -0.355 e. The normalized spacial score (nSPS) is 18.3. The Balaban J connectivity index is 0.000000156. The SMILES string of the molecule is C.C.C.CN1CCN(CCn2nc(N3CCCCC3)c3c(Cl)c(-c4ccccc4)nnc32)CC1.CN1CCN(CCn2nc(N3CCCCC3)c3c(Cl)c(-c4ccccc4)nnc32)CC1.CN1CCN(CCn2nc(N3CCN(C)CC3)c3c(Cl)c(-c4ccccc4)nnc32)CC1. The van der Waals surface area contributed by atoms with Crippen molar-refractivity contribution in [2.45, 2.75) is 80.4 Å². The van der Waals surface area contributed by atoms with E-state index in [0.29, 0.717) is 20.8 Å². The molecule has 0 N–H and O–H groups in total. The fourth-order valence-corrected chi connectivity index (χ4v) is 14.6. The van der Waals surface area contributed by atoms with E-state index >= 15 is 0 Å². The predicted octanol–water partition coefficient (Wildman–Crippen LogP) is 10.8. The zero-order chi connectivity index (χ0) is 64.5. The van der Waals surface area contributed by atoms with E-state index in [1.807, 2.05) is 105 Å². The highest BCUT2D eigenvalue weighted by molar-refractivity contribution is 6.39. The Bertz CT molecular complexity index is 3730. The third-order valence-electron chi connectivity index (χ3n) is 19.7. The monoisotopic (exact) mass is 1380 g/mol. The summed E-state index contributed by atoms with van der Waals surface area (Å²) in [6, 6.07) is 30.2. The highest BCUT2D eigenvalue weighted by Crippen LogP contribution is 2.41. The first-order valence-electron chi connectivity index (χ1n) is 34.1. The lowest BCUT2D eigenvalue weighted by molar-refractivity contribution is 0.149. The topological polar surface area (TPSA) is 163 Å². The summed E-state index contributed by atoms with van der Waals surface area (Å²) in [4.78, 5) is 24.1. The molecule has 15 rings (SSSR count). The molecule has 6 aliphatic heterocycles. The molecule has 0 spiro atoms. The quantitative estimate of drug-likeness (QED) is 0.0951. The van der Waals surface area contributed by atoms with Crippen LogP contribution in [0.2, 0.25) is 15.1 Å². The Morgan fingerprint density at radius 1 is 0.289 bits per heavy atom. The minimum atomic E-state index is 0. The molecule has 0 atom stereocenters. The number of rotatable bonds is 15. The first-order chi connectivity index (χ1) is 46.0. The molecule has 3 aromatic carbocycles. The van der Waals surface area contributed by atoms with Crippen LogP contribution >= 0.6 is 34.8 Å². The molecule has 0 unspecified atom stereocenters. The number of nitrogens with zero attached hydrogens (tertiary/aromatic N) is 22. The summed E-state index contributed by atoms with van der Waals surface area (Å²) in [6.07, 6.45) is 7.33. The molecule has 6 fully saturated rings. The number of piperazine rings is 4. The maximum Gasteiger partial charge on any atom is 0.184 e. The number of likely N-dealkylation sites (N-methyl/N-ethyl adjacent to an activating group) is 4. The molecule has 522 valence electrons. The molecule has 0 amide bonds. The summed E-state index contributed by atoms with van der Waals surface area (Å²) in [5.74, 6) is 2.86. The molecule has 6 aromatic heterocycles. The molecule has 6 aliphatic rings. The predicted molar refractivity (Wildman–Crippen MR) is 401 cm³/mol. The van der Waals surface area contributed by atoms with Crippen LogP contribution in [0.15, 0.2) is 91.0 Å². The van der Waals surface area contributed by atoms with Crippen molar-refractivity contribution in [3.8, 4) is 33.8 Å². The Kier molecular flexibility index (Phi) is 25.9. The van der Waals surface area contributed by atoms with Crippen molar-refractivity contribution >= 4 is 85.4 Å². The van der Waals surface area contributed by atoms with Gasteiger partial charge in [0.1, 0.15) is 17.1 Å². The van der Waals surface area contributed by atoms with Gasteiger partial charge in [-0.25, -0.2) is 14.0 Å². The van der Waals surface area contributed by atoms with E-state index in [4.69, 9.17) is 50.1 Å². The summed E-state index contributed by atoms with van der Waals surface area (Å²) >= 11 is 21.0. The fraction of sp³-hybridized carbons (Fsp3) is 0.542. The molecule has 12 heterocycles. The molecule has 0 saturated carbocycles. The Morgan fingerprint density at radius 3 is 0.804 bits per heavy atom. The van der Waals surface area contributed by atoms with E-state index < -0.39 is 0 Å². The molecular weight excluding hydrogens is 1280 g/mol. The summed E-state index contributed by atoms with van der Waals surface area (Å²) in [5, 5.41) is 47.3. The standard InChI is InChI=1S/C23H31ClN8.2C23H30ClN7.3CH4/c1-28-8-12-30(13-9-28)14-17-32-22-19(23(27-32)31-15-10-29(2)11-16-31)20(24)21(25-26-22)18-6-4-3-5-7-18;2*1-28-12-14-29(15-13-28)16-17-31-22-19(23(27-31)30-10-6-3-7-11-30)20(24)21(25-26-22)18-8-4-2-5-9-18;;;/h3-7H,8-17H2,1-2H3;2*2,4-5,8-9H,3,6-7,10-17H2,1H3;3*1H4. The number of piperidine rings is 2. The maximum atomic E-state index is 7.00. The Morgan fingerprint density at radius 2 is 0.536 bits per heavy atom. The van der Waals surface area contributed by atoms with Gasteiger partial charge >= 0.3 is 0 Å². The highest BCUT2D eigenvalue weighted by atomic mass is 35.5. The van der Waals surface area contributed by atoms with E-state index in [0.717, 1.165) is 249 Å². The number of anilines is 3. The van der Waals surface area contributed by atoms with Gasteiger partial charge < -0.3 is 34.3 Å². The number of benzene rings is 3. The molecule has 0 radical (unpaired) electrons. The van der Waals surface area contributed by atoms with Gasteiger partial charge in [-0.05, 0) is 66.7 Å². The van der Waals surface area contributed by atoms with Crippen molar-refractivity contribution in [3.63, 3.8) is 0 Å². The maximum absolute atomic E-state index is 7.00. The zero-order valence-electron chi connectivity index (χ0n) is 55.3. The molecule has 6 saturated heterocycles. The van der Waals surface area contributed by atoms with Gasteiger partial charge in [0.15, 0.2) is 34.4 Å². The number of hydrogen-bond acceptors (Lipinski definition) is 19. The lowest BCUT2D eigenvalue weighted by Gasteiger charge is -2.33. The number of fused-ring (bicyclic) bond motifs is 3. The molecule has 9 aromatic rings. The molecule has 25 heteroatoms. The smallest absolute Gasteiger partial charge is 0.184 e. The number of aromatic nitrogens is 12. The lowest BCUT2D eigenvalue weighted by Crippen LogP contribution is -2.45. The van der Waals surface area contributed by atoms with Crippen LogP contribution in [0.25, 0.3) is 66.9 Å². The molecule has 0 aliphatic carbocycles. The van der Waals surface area contributed by atoms with E-state index in [2.05, 4.69) is 108 Å². The van der Waals surface area contributed by atoms with Gasteiger partial charge in [-0.3, -0.25) is 14.7 Å². The highest BCUT2D eigenvalue weighted by Gasteiger charge is 2.30. The van der Waals surface area contributed by atoms with Crippen molar-refractivity contribution < 1.29 is 0 Å². The second-order valence-electron chi connectivity index (χ2n) is 26.2. The summed E-state index contributed by atoms with van der Waals surface area (Å²) in [5.41, 5.74) is 7.47. The summed E-state index contributed by atoms with van der Waals surface area (Å²) < 4.78 is 6.05. The second-order valence-corrected chi connectivity index (χ2v) is 27.4. The Labute approximate surface area is 590 Å². The van der Waals surface area contributed by atoms with Crippen LogP contribution in [-0.4, -0.2) is 273 Å². The van der Waals surface area contributed by atoms with Crippen LogP contribution in [0.4, 0.5) is 17.5 Å². The lowest BCUT2D eigenvalue weighted by atomic mass is 10.1. The Hall–Kier alpha value is -6.70. The van der Waals surface area contributed by atoms with E-state index in [1.54, 1.807) is 0 Å². The van der Waals surface area contributed by atoms with Gasteiger partial charge in [-0.15, -0.1) is 30.6 Å². The van der Waals surface area contributed by atoms with Crippen LogP contribution < -0.4 is 14.7 Å². The minimum absolute atomic E-state index is 0. The van der Waals surface area contributed by atoms with Gasteiger partial charge in [-0.2, -0.15) is 15.3 Å². The van der Waals surface area contributed by atoms with Crippen molar-refractivity contribution in [2.24, 2.45) is 0 Å². The van der Waals surface area contributed by atoms with Gasteiger partial charge in [0.05, 0.1) is 50.9 Å². The largest absolute Gasteiger partial charge is 0.355 e. The zero-order valence-corrected chi connectivity index (χ0v) is 57.5. The van der Waals surface area contributed by atoms with Crippen molar-refractivity contribution in [1.82, 2.24) is 94.2 Å². The number of hydrogen-bond donors (Lipinski definition) is 0. The van der Waals surface area contributed by atoms with Crippen LogP contribution in [0.1, 0.15) is 60.8 Å². The van der Waals surface area contributed by atoms with Gasteiger partial charge in [0.25, 0.3) is 0 Å². The third-order valence-corrected chi connectivity index (χ3v) is 20.8. The summed E-state index contributed by atoms with van der Waals surface area (Å²) in [6.45, 7) is 26.4. The van der Waals surface area contributed by atoms with Gasteiger partial charge in [-0.1, -0.05) is 148 Å². The molecule has 22 nitrogen and oxygen atoms in total. The molecular formula is C72H103Cl3N22. The molecule has 97 heavy (non-hydrogen) atoms. The average molecular weight is 1380 g/mol.